The number of carbonyl (C=O) groups is 1. The van der Waals surface area contributed by atoms with Crippen molar-refractivity contribution >= 4 is 28.1 Å². The number of piperidine rings is 1. The summed E-state index contributed by atoms with van der Waals surface area (Å²) in [7, 11) is 2.16. The zero-order chi connectivity index (χ0) is 26.0. The first-order valence-electron chi connectivity index (χ1n) is 13.8. The van der Waals surface area contributed by atoms with Gasteiger partial charge in [0.15, 0.2) is 0 Å². The number of carbonyl (C=O) groups excluding carboxylic acids is 1. The number of amides is 1. The summed E-state index contributed by atoms with van der Waals surface area (Å²) in [6, 6.07) is 16.2. The molecule has 3 heterocycles. The molecule has 1 saturated heterocycles. The Labute approximate surface area is 228 Å². The second-order valence-electron chi connectivity index (χ2n) is 11.0. The largest absolute Gasteiger partial charge is 0.490 e. The van der Waals surface area contributed by atoms with Gasteiger partial charge < -0.3 is 15.0 Å². The van der Waals surface area contributed by atoms with E-state index in [0.717, 1.165) is 66.7 Å². The van der Waals surface area contributed by atoms with Crippen LogP contribution in [0.3, 0.4) is 0 Å². The van der Waals surface area contributed by atoms with Gasteiger partial charge in [-0.1, -0.05) is 19.3 Å². The number of hydrogen-bond donors (Lipinski definition) is 2. The van der Waals surface area contributed by atoms with Crippen molar-refractivity contribution < 1.29 is 9.53 Å². The van der Waals surface area contributed by atoms with E-state index in [1.54, 1.807) is 11.3 Å². The molecule has 1 aliphatic carbocycles. The molecule has 1 aliphatic heterocycles. The van der Waals surface area contributed by atoms with Crippen molar-refractivity contribution in [2.75, 3.05) is 26.7 Å². The molecule has 2 aliphatic rings. The molecule has 0 unspecified atom stereocenters. The number of benzene rings is 2. The van der Waals surface area contributed by atoms with Gasteiger partial charge in [0, 0.05) is 41.6 Å². The zero-order valence-corrected chi connectivity index (χ0v) is 22.9. The molecule has 0 atom stereocenters. The first-order valence-corrected chi connectivity index (χ1v) is 14.8. The molecule has 2 fully saturated rings. The van der Waals surface area contributed by atoms with E-state index >= 15 is 0 Å². The van der Waals surface area contributed by atoms with Gasteiger partial charge in [-0.25, -0.2) is 0 Å². The second kappa shape index (κ2) is 10.9. The number of likely N-dealkylation sites (tertiary alicyclic amines) is 1. The van der Waals surface area contributed by atoms with Crippen LogP contribution in [0.1, 0.15) is 60.9 Å². The van der Waals surface area contributed by atoms with Crippen molar-refractivity contribution in [3.63, 3.8) is 0 Å². The summed E-state index contributed by atoms with van der Waals surface area (Å²) in [6.45, 7) is 2.83. The fourth-order valence-electron chi connectivity index (χ4n) is 6.08. The van der Waals surface area contributed by atoms with Gasteiger partial charge in [0.1, 0.15) is 11.9 Å². The van der Waals surface area contributed by atoms with E-state index in [1.807, 2.05) is 30.3 Å². The van der Waals surface area contributed by atoms with Crippen LogP contribution in [0, 0.1) is 0 Å². The average molecular weight is 529 g/mol. The summed E-state index contributed by atoms with van der Waals surface area (Å²) in [4.78, 5) is 15.7. The highest BCUT2D eigenvalue weighted by atomic mass is 32.1. The van der Waals surface area contributed by atoms with Gasteiger partial charge in [0.05, 0.1) is 11.2 Å². The highest BCUT2D eigenvalue weighted by molar-refractivity contribution is 7.08. The Bertz CT molecular complexity index is 1360. The first kappa shape index (κ1) is 25.1. The van der Waals surface area contributed by atoms with Gasteiger partial charge in [-0.2, -0.15) is 16.4 Å². The zero-order valence-electron chi connectivity index (χ0n) is 22.0. The van der Waals surface area contributed by atoms with E-state index in [-0.39, 0.29) is 17.4 Å². The van der Waals surface area contributed by atoms with Crippen LogP contribution in [-0.2, 0) is 5.41 Å². The molecule has 2 aromatic heterocycles. The number of aromatic amines is 1. The molecule has 4 aromatic rings. The fraction of sp³-hybridized carbons (Fsp3) is 0.419. The molecule has 1 saturated carbocycles. The average Bonchev–Trinajstić information content (AvgIpc) is 3.65. The lowest BCUT2D eigenvalue weighted by Gasteiger charge is -2.37. The minimum atomic E-state index is -0.0268. The topological polar surface area (TPSA) is 70.2 Å². The van der Waals surface area contributed by atoms with Crippen LogP contribution in [0.4, 0.5) is 0 Å². The summed E-state index contributed by atoms with van der Waals surface area (Å²) in [5.74, 6) is 0.867. The van der Waals surface area contributed by atoms with Gasteiger partial charge in [-0.15, -0.1) is 0 Å². The maximum absolute atomic E-state index is 13.3. The fourth-order valence-corrected chi connectivity index (χ4v) is 6.85. The van der Waals surface area contributed by atoms with Gasteiger partial charge in [0.2, 0.25) is 0 Å². The van der Waals surface area contributed by atoms with Crippen LogP contribution >= 0.6 is 11.3 Å². The van der Waals surface area contributed by atoms with Crippen molar-refractivity contribution in [3.8, 4) is 17.0 Å². The number of fused-ring (bicyclic) bond motifs is 1. The van der Waals surface area contributed by atoms with Gasteiger partial charge in [0.25, 0.3) is 5.91 Å². The molecule has 0 radical (unpaired) electrons. The van der Waals surface area contributed by atoms with Gasteiger partial charge in [-0.3, -0.25) is 9.89 Å². The molecule has 38 heavy (non-hydrogen) atoms. The summed E-state index contributed by atoms with van der Waals surface area (Å²) < 4.78 is 6.22. The summed E-state index contributed by atoms with van der Waals surface area (Å²) >= 11 is 1.74. The number of nitrogens with one attached hydrogen (secondary N) is 2. The molecule has 2 aromatic carbocycles. The summed E-state index contributed by atoms with van der Waals surface area (Å²) in [5, 5.41) is 16.3. The van der Waals surface area contributed by atoms with E-state index in [2.05, 4.69) is 56.4 Å². The molecule has 6 rings (SSSR count). The van der Waals surface area contributed by atoms with E-state index in [9.17, 15) is 4.79 Å². The highest BCUT2D eigenvalue weighted by Gasteiger charge is 2.34. The lowest BCUT2D eigenvalue weighted by atomic mass is 9.70. The molecule has 1 amide bonds. The number of ether oxygens (including phenoxy) is 1. The second-order valence-corrected chi connectivity index (χ2v) is 11.8. The molecule has 2 N–H and O–H groups in total. The van der Waals surface area contributed by atoms with E-state index in [1.165, 1.54) is 24.8 Å². The van der Waals surface area contributed by atoms with E-state index in [0.29, 0.717) is 12.1 Å². The normalized spacial score (nSPS) is 18.4. The number of aromatic nitrogens is 2. The monoisotopic (exact) mass is 528 g/mol. The van der Waals surface area contributed by atoms with Gasteiger partial charge >= 0.3 is 0 Å². The van der Waals surface area contributed by atoms with Crippen LogP contribution < -0.4 is 10.1 Å². The molecule has 6 nitrogen and oxygen atoms in total. The first-order chi connectivity index (χ1) is 18.6. The number of H-pyrrole nitrogens is 1. The Hall–Kier alpha value is -3.16. The molecular weight excluding hydrogens is 492 g/mol. The molecular formula is C31H36N4O2S. The molecule has 0 spiro atoms. The van der Waals surface area contributed by atoms with E-state index in [4.69, 9.17) is 4.74 Å². The van der Waals surface area contributed by atoms with Crippen molar-refractivity contribution in [2.45, 2.75) is 56.5 Å². The standard InChI is InChI=1S/C31H36N4O2S/c1-35-16-11-26(12-17-35)37-25-8-5-22(6-9-25)29-27-19-23(7-10-28(27)33-34-29)30(36)32-21-31(14-3-2-4-15-31)24-13-18-38-20-24/h5-10,13,18-20,26H,2-4,11-12,14-17,21H2,1H3,(H,32,36)(H,33,34). The Morgan fingerprint density at radius 3 is 2.63 bits per heavy atom. The minimum Gasteiger partial charge on any atom is -0.490 e. The van der Waals surface area contributed by atoms with Crippen molar-refractivity contribution in [1.29, 1.82) is 0 Å². The quantitative estimate of drug-likeness (QED) is 0.291. The summed E-state index contributed by atoms with van der Waals surface area (Å²) in [5.41, 5.74) is 4.86. The van der Waals surface area contributed by atoms with Crippen molar-refractivity contribution in [3.05, 3.63) is 70.4 Å². The Kier molecular flexibility index (Phi) is 7.22. The third-order valence-electron chi connectivity index (χ3n) is 8.45. The molecule has 198 valence electrons. The predicted octanol–water partition coefficient (Wildman–Crippen LogP) is 6.40. The Morgan fingerprint density at radius 2 is 1.89 bits per heavy atom. The third kappa shape index (κ3) is 5.22. The van der Waals surface area contributed by atoms with Gasteiger partial charge in [-0.05, 0) is 97.6 Å². The summed E-state index contributed by atoms with van der Waals surface area (Å²) in [6.07, 6.45) is 8.37. The maximum Gasteiger partial charge on any atom is 0.251 e. The molecule has 0 bridgehead atoms. The van der Waals surface area contributed by atoms with Crippen LogP contribution in [0.25, 0.3) is 22.2 Å². The number of hydrogen-bond acceptors (Lipinski definition) is 5. The lowest BCUT2D eigenvalue weighted by Crippen LogP contribution is -2.42. The predicted molar refractivity (Wildman–Crippen MR) is 154 cm³/mol. The van der Waals surface area contributed by atoms with E-state index < -0.39 is 0 Å². The Morgan fingerprint density at radius 1 is 1.11 bits per heavy atom. The molecule has 7 heteroatoms. The maximum atomic E-state index is 13.3. The highest BCUT2D eigenvalue weighted by Crippen LogP contribution is 2.40. The van der Waals surface area contributed by atoms with Crippen LogP contribution in [0.2, 0.25) is 0 Å². The smallest absolute Gasteiger partial charge is 0.251 e. The number of rotatable bonds is 7. The number of nitrogens with zero attached hydrogens (tertiary/aromatic N) is 2. The Balaban J connectivity index is 1.17. The number of thiophene rings is 1. The lowest BCUT2D eigenvalue weighted by molar-refractivity contribution is 0.0937. The van der Waals surface area contributed by atoms with Crippen LogP contribution in [0.5, 0.6) is 5.75 Å². The van der Waals surface area contributed by atoms with Crippen molar-refractivity contribution in [1.82, 2.24) is 20.4 Å². The van der Waals surface area contributed by atoms with Crippen LogP contribution in [0.15, 0.2) is 59.3 Å². The third-order valence-corrected chi connectivity index (χ3v) is 9.14. The van der Waals surface area contributed by atoms with Crippen LogP contribution in [-0.4, -0.2) is 53.8 Å². The van der Waals surface area contributed by atoms with Crippen molar-refractivity contribution in [2.24, 2.45) is 0 Å². The minimum absolute atomic E-state index is 0.0268. The SMILES string of the molecule is CN1CCC(Oc2ccc(-c3n[nH]c4ccc(C(=O)NCC5(c6ccsc6)CCCCC5)cc34)cc2)CC1.